The van der Waals surface area contributed by atoms with Gasteiger partial charge in [0, 0.05) is 35.2 Å². The number of carbonyl (C=O) groups excluding carboxylic acids is 2. The van der Waals surface area contributed by atoms with Crippen molar-refractivity contribution in [1.82, 2.24) is 4.90 Å². The molecule has 3 aromatic carbocycles. The van der Waals surface area contributed by atoms with Crippen molar-refractivity contribution in [3.63, 3.8) is 0 Å². The molecule has 146 valence electrons. The average molecular weight is 402 g/mol. The first-order valence-electron chi connectivity index (χ1n) is 9.88. The Morgan fingerprint density at radius 3 is 2.10 bits per heavy atom. The zero-order valence-electron chi connectivity index (χ0n) is 16.2. The summed E-state index contributed by atoms with van der Waals surface area (Å²) in [5.41, 5.74) is 2.87. The number of rotatable bonds is 4. The Morgan fingerprint density at radius 1 is 0.759 bits per heavy atom. The zero-order chi connectivity index (χ0) is 20.1. The van der Waals surface area contributed by atoms with Crippen LogP contribution in [0.3, 0.4) is 0 Å². The Labute approximate surface area is 175 Å². The largest absolute Gasteiger partial charge is 0.338 e. The smallest absolute Gasteiger partial charge is 0.254 e. The lowest BCUT2D eigenvalue weighted by atomic mass is 9.97. The molecule has 29 heavy (non-hydrogen) atoms. The van der Waals surface area contributed by atoms with Gasteiger partial charge in [-0.1, -0.05) is 78.9 Å². The predicted octanol–water partition coefficient (Wildman–Crippen LogP) is 5.24. The van der Waals surface area contributed by atoms with E-state index in [1.54, 1.807) is 24.3 Å². The third-order valence-corrected chi connectivity index (χ3v) is 6.57. The van der Waals surface area contributed by atoms with E-state index in [9.17, 15) is 9.59 Å². The molecule has 0 bridgehead atoms. The van der Waals surface area contributed by atoms with Crippen LogP contribution in [0.25, 0.3) is 0 Å². The van der Waals surface area contributed by atoms with Gasteiger partial charge in [-0.05, 0) is 18.1 Å². The molecule has 1 unspecified atom stereocenters. The molecule has 0 saturated carbocycles. The molecule has 3 aromatic rings. The van der Waals surface area contributed by atoms with Crippen LogP contribution in [0.4, 0.5) is 0 Å². The number of benzene rings is 3. The summed E-state index contributed by atoms with van der Waals surface area (Å²) in [6, 6.07) is 26.8. The first-order chi connectivity index (χ1) is 14.2. The molecule has 4 heteroatoms. The Balaban J connectivity index is 1.54. The minimum Gasteiger partial charge on any atom is -0.338 e. The van der Waals surface area contributed by atoms with Crippen molar-refractivity contribution in [1.29, 1.82) is 0 Å². The molecule has 1 aliphatic rings. The monoisotopic (exact) mass is 401 g/mol. The molecule has 1 aliphatic heterocycles. The highest BCUT2D eigenvalue weighted by molar-refractivity contribution is 7.99. The van der Waals surface area contributed by atoms with E-state index >= 15 is 0 Å². The van der Waals surface area contributed by atoms with Gasteiger partial charge in [-0.3, -0.25) is 9.59 Å². The second-order valence-corrected chi connectivity index (χ2v) is 8.40. The number of hydrogen-bond donors (Lipinski definition) is 0. The molecule has 0 radical (unpaired) electrons. The summed E-state index contributed by atoms with van der Waals surface area (Å²) in [5.74, 6) is 0.722. The number of thioether (sulfide) groups is 1. The van der Waals surface area contributed by atoms with Crippen LogP contribution in [0.2, 0.25) is 0 Å². The van der Waals surface area contributed by atoms with Crippen molar-refractivity contribution in [3.05, 3.63) is 107 Å². The topological polar surface area (TPSA) is 37.4 Å². The molecule has 0 aromatic heterocycles. The summed E-state index contributed by atoms with van der Waals surface area (Å²) in [5, 5.41) is 0.398. The summed E-state index contributed by atoms with van der Waals surface area (Å²) < 4.78 is 0. The fraction of sp³-hybridized carbons (Fsp3) is 0.200. The molecule has 0 aliphatic carbocycles. The predicted molar refractivity (Wildman–Crippen MR) is 118 cm³/mol. The molecule has 1 amide bonds. The first-order valence-corrected chi connectivity index (χ1v) is 10.9. The maximum absolute atomic E-state index is 13.3. The maximum atomic E-state index is 13.3. The van der Waals surface area contributed by atoms with Gasteiger partial charge in [0.05, 0.1) is 5.56 Å². The normalized spacial score (nSPS) is 16.8. The maximum Gasteiger partial charge on any atom is 0.254 e. The number of amides is 1. The minimum absolute atomic E-state index is 0.0563. The van der Waals surface area contributed by atoms with Crippen molar-refractivity contribution in [3.8, 4) is 0 Å². The average Bonchev–Trinajstić information content (AvgIpc) is 3.06. The molecule has 3 nitrogen and oxygen atoms in total. The van der Waals surface area contributed by atoms with Gasteiger partial charge in [-0.2, -0.15) is 11.8 Å². The zero-order valence-corrected chi connectivity index (χ0v) is 17.0. The van der Waals surface area contributed by atoms with Crippen molar-refractivity contribution in [2.75, 3.05) is 18.8 Å². The van der Waals surface area contributed by atoms with Crippen LogP contribution >= 0.6 is 11.8 Å². The second-order valence-electron chi connectivity index (χ2n) is 7.09. The van der Waals surface area contributed by atoms with Gasteiger partial charge >= 0.3 is 0 Å². The van der Waals surface area contributed by atoms with E-state index in [1.807, 2.05) is 53.1 Å². The van der Waals surface area contributed by atoms with Gasteiger partial charge in [0.2, 0.25) is 0 Å². The molecular weight excluding hydrogens is 378 g/mol. The Hall–Kier alpha value is -2.85. The number of nitrogens with zero attached hydrogens (tertiary/aromatic N) is 1. The summed E-state index contributed by atoms with van der Waals surface area (Å²) in [6.45, 7) is 1.39. The van der Waals surface area contributed by atoms with Crippen molar-refractivity contribution < 1.29 is 9.59 Å². The fourth-order valence-corrected chi connectivity index (χ4v) is 4.92. The van der Waals surface area contributed by atoms with Gasteiger partial charge in [0.1, 0.15) is 0 Å². The van der Waals surface area contributed by atoms with E-state index in [4.69, 9.17) is 0 Å². The van der Waals surface area contributed by atoms with Gasteiger partial charge in [0.25, 0.3) is 5.91 Å². The number of ketones is 1. The standard InChI is InChI=1S/C25H23NO2S/c27-24(20-11-5-2-6-12-20)21-13-7-8-14-22(21)25(28)26-16-15-23(29-18-17-26)19-9-3-1-4-10-19/h1-14,23H,15-18H2. The van der Waals surface area contributed by atoms with Crippen LogP contribution in [0.15, 0.2) is 84.9 Å². The number of hydrogen-bond acceptors (Lipinski definition) is 3. The van der Waals surface area contributed by atoms with E-state index in [0.717, 1.165) is 12.2 Å². The van der Waals surface area contributed by atoms with Crippen LogP contribution < -0.4 is 0 Å². The van der Waals surface area contributed by atoms with E-state index in [1.165, 1.54) is 5.56 Å². The first kappa shape index (κ1) is 19.5. The van der Waals surface area contributed by atoms with Gasteiger partial charge in [-0.25, -0.2) is 0 Å². The van der Waals surface area contributed by atoms with Crippen LogP contribution in [0.1, 0.15) is 43.5 Å². The Kier molecular flexibility index (Phi) is 6.11. The summed E-state index contributed by atoms with van der Waals surface area (Å²) in [7, 11) is 0. The Morgan fingerprint density at radius 2 is 1.38 bits per heavy atom. The van der Waals surface area contributed by atoms with Crippen LogP contribution in [-0.4, -0.2) is 35.4 Å². The third kappa shape index (κ3) is 4.43. The van der Waals surface area contributed by atoms with Crippen molar-refractivity contribution >= 4 is 23.5 Å². The molecule has 0 spiro atoms. The molecule has 1 saturated heterocycles. The lowest BCUT2D eigenvalue weighted by molar-refractivity contribution is 0.0762. The summed E-state index contributed by atoms with van der Waals surface area (Å²) >= 11 is 1.90. The molecule has 1 fully saturated rings. The summed E-state index contributed by atoms with van der Waals surface area (Å²) in [4.78, 5) is 28.2. The van der Waals surface area contributed by atoms with Gasteiger partial charge in [-0.15, -0.1) is 0 Å². The molecule has 0 N–H and O–H groups in total. The number of carbonyl (C=O) groups is 2. The highest BCUT2D eigenvalue weighted by Crippen LogP contribution is 2.34. The van der Waals surface area contributed by atoms with Crippen molar-refractivity contribution in [2.45, 2.75) is 11.7 Å². The molecule has 1 heterocycles. The summed E-state index contributed by atoms with van der Waals surface area (Å²) in [6.07, 6.45) is 0.912. The quantitative estimate of drug-likeness (QED) is 0.561. The van der Waals surface area contributed by atoms with Crippen LogP contribution in [-0.2, 0) is 0 Å². The lowest BCUT2D eigenvalue weighted by Gasteiger charge is -2.21. The van der Waals surface area contributed by atoms with Gasteiger partial charge < -0.3 is 4.90 Å². The lowest BCUT2D eigenvalue weighted by Crippen LogP contribution is -2.34. The molecule has 4 rings (SSSR count). The minimum atomic E-state index is -0.110. The van der Waals surface area contributed by atoms with E-state index < -0.39 is 0 Å². The molecular formula is C25H23NO2S. The van der Waals surface area contributed by atoms with E-state index in [2.05, 4.69) is 24.3 Å². The van der Waals surface area contributed by atoms with Crippen LogP contribution in [0.5, 0.6) is 0 Å². The SMILES string of the molecule is O=C(c1ccccc1)c1ccccc1C(=O)N1CCSC(c2ccccc2)CC1. The second kappa shape index (κ2) is 9.10. The van der Waals surface area contributed by atoms with E-state index in [-0.39, 0.29) is 11.7 Å². The third-order valence-electron chi connectivity index (χ3n) is 5.24. The highest BCUT2D eigenvalue weighted by Gasteiger charge is 2.25. The van der Waals surface area contributed by atoms with E-state index in [0.29, 0.717) is 35.0 Å². The van der Waals surface area contributed by atoms with Gasteiger partial charge in [0.15, 0.2) is 5.78 Å². The van der Waals surface area contributed by atoms with Crippen LogP contribution in [0, 0.1) is 0 Å². The Bertz CT molecular complexity index is 988. The van der Waals surface area contributed by atoms with Crippen molar-refractivity contribution in [2.24, 2.45) is 0 Å². The fourth-order valence-electron chi connectivity index (χ4n) is 3.69. The highest BCUT2D eigenvalue weighted by atomic mass is 32.2. The molecule has 1 atom stereocenters.